The van der Waals surface area contributed by atoms with Gasteiger partial charge in [0.25, 0.3) is 0 Å². The quantitative estimate of drug-likeness (QED) is 0.0686. The number of ether oxygens (including phenoxy) is 4. The third-order valence-corrected chi connectivity index (χ3v) is 7.36. The molecule has 1 aliphatic heterocycles. The van der Waals surface area contributed by atoms with Crippen LogP contribution in [0.5, 0.6) is 17.2 Å². The van der Waals surface area contributed by atoms with E-state index in [0.29, 0.717) is 46.2 Å². The standard InChI is InChI=1S/C35H35FN4O7/c1-4-45-30-17-23(33-32(34(42)44-3)21(2)38-35(43)39-33)14-16-29(30)47-20-31(41)40-37-18-26-25-11-7-5-9-22(25)13-15-28(26)46-19-24-10-6-8-12-27(24)36/h5-18,31,33,40-41H,4,19-20H2,1-3H3,(H2,38,39,43)/b37-18+/t31-,33-/m0/s1. The number of hydrazone groups is 1. The molecule has 0 unspecified atom stereocenters. The van der Waals surface area contributed by atoms with Crippen molar-refractivity contribution in [3.8, 4) is 17.2 Å². The molecule has 0 saturated carbocycles. The lowest BCUT2D eigenvalue weighted by atomic mass is 9.95. The number of benzene rings is 4. The number of methoxy groups -OCH3 is 1. The number of urea groups is 1. The number of rotatable bonds is 13. The summed E-state index contributed by atoms with van der Waals surface area (Å²) in [4.78, 5) is 24.7. The number of aliphatic hydroxyl groups excluding tert-OH is 1. The van der Waals surface area contributed by atoms with Crippen LogP contribution in [0.1, 0.15) is 36.6 Å². The van der Waals surface area contributed by atoms with Gasteiger partial charge in [-0.1, -0.05) is 54.6 Å². The molecule has 1 heterocycles. The maximum Gasteiger partial charge on any atom is 0.337 e. The summed E-state index contributed by atoms with van der Waals surface area (Å²) in [5.41, 5.74) is 4.93. The van der Waals surface area contributed by atoms with Gasteiger partial charge in [-0.2, -0.15) is 5.10 Å². The first-order valence-electron chi connectivity index (χ1n) is 14.9. The number of carbonyl (C=O) groups excluding carboxylic acids is 2. The van der Waals surface area contributed by atoms with Crippen molar-refractivity contribution >= 4 is 29.0 Å². The molecule has 11 nitrogen and oxygen atoms in total. The molecule has 1 aliphatic rings. The Bertz CT molecular complexity index is 1830. The number of hydrogen-bond donors (Lipinski definition) is 4. The molecule has 0 saturated heterocycles. The highest BCUT2D eigenvalue weighted by Crippen LogP contribution is 2.35. The molecule has 0 aromatic heterocycles. The minimum Gasteiger partial charge on any atom is -0.490 e. The van der Waals surface area contributed by atoms with Crippen LogP contribution in [-0.2, 0) is 16.1 Å². The fourth-order valence-corrected chi connectivity index (χ4v) is 5.12. The highest BCUT2D eigenvalue weighted by atomic mass is 19.1. The zero-order chi connectivity index (χ0) is 33.3. The molecule has 47 heavy (non-hydrogen) atoms. The van der Waals surface area contributed by atoms with Gasteiger partial charge in [-0.05, 0) is 54.4 Å². The minimum absolute atomic E-state index is 0.0284. The average Bonchev–Trinajstić information content (AvgIpc) is 3.07. The number of esters is 1. The molecule has 4 aromatic carbocycles. The Balaban J connectivity index is 1.28. The number of allylic oxidation sites excluding steroid dienone is 1. The number of fused-ring (bicyclic) bond motifs is 1. The Morgan fingerprint density at radius 2 is 1.79 bits per heavy atom. The van der Waals surface area contributed by atoms with Crippen molar-refractivity contribution in [2.24, 2.45) is 5.10 Å². The maximum absolute atomic E-state index is 14.2. The molecule has 2 amide bonds. The molecule has 0 bridgehead atoms. The van der Waals surface area contributed by atoms with E-state index in [-0.39, 0.29) is 24.6 Å². The first-order chi connectivity index (χ1) is 22.8. The molecule has 5 rings (SSSR count). The van der Waals surface area contributed by atoms with E-state index in [0.717, 1.165) is 10.8 Å². The fraction of sp³-hybridized carbons (Fsp3) is 0.229. The van der Waals surface area contributed by atoms with Crippen molar-refractivity contribution in [1.82, 2.24) is 16.1 Å². The van der Waals surface area contributed by atoms with Gasteiger partial charge in [0.2, 0.25) is 0 Å². The zero-order valence-electron chi connectivity index (χ0n) is 26.1. The highest BCUT2D eigenvalue weighted by molar-refractivity contribution is 6.02. The third kappa shape index (κ3) is 7.79. The Hall–Kier alpha value is -5.62. The SMILES string of the molecule is CCOc1cc([C@@H]2NC(=O)NC(C)=C2C(=O)OC)ccc1OC[C@H](O)N/N=C/c1c(OCc2ccccc2F)ccc2ccccc12. The third-order valence-electron chi connectivity index (χ3n) is 7.36. The summed E-state index contributed by atoms with van der Waals surface area (Å²) in [5, 5.41) is 22.0. The van der Waals surface area contributed by atoms with Crippen LogP contribution >= 0.6 is 0 Å². The lowest BCUT2D eigenvalue weighted by molar-refractivity contribution is -0.136. The van der Waals surface area contributed by atoms with E-state index in [1.807, 2.05) is 30.3 Å². The van der Waals surface area contributed by atoms with Crippen molar-refractivity contribution in [2.45, 2.75) is 32.7 Å². The second-order valence-corrected chi connectivity index (χ2v) is 10.5. The predicted octanol–water partition coefficient (Wildman–Crippen LogP) is 5.08. The Kier molecular flexibility index (Phi) is 10.5. The highest BCUT2D eigenvalue weighted by Gasteiger charge is 2.32. The van der Waals surface area contributed by atoms with Gasteiger partial charge < -0.3 is 34.7 Å². The van der Waals surface area contributed by atoms with Crippen LogP contribution in [-0.4, -0.2) is 49.9 Å². The zero-order valence-corrected chi connectivity index (χ0v) is 26.1. The summed E-state index contributed by atoms with van der Waals surface area (Å²) in [5.74, 6) is 0.239. The molecule has 4 N–H and O–H groups in total. The molecule has 12 heteroatoms. The summed E-state index contributed by atoms with van der Waals surface area (Å²) >= 11 is 0. The van der Waals surface area contributed by atoms with Crippen LogP contribution in [0.3, 0.4) is 0 Å². The van der Waals surface area contributed by atoms with Crippen molar-refractivity contribution in [3.05, 3.63) is 113 Å². The number of halogens is 1. The molecule has 244 valence electrons. The summed E-state index contributed by atoms with van der Waals surface area (Å²) in [7, 11) is 1.27. The summed E-state index contributed by atoms with van der Waals surface area (Å²) in [6.07, 6.45) is 0.322. The van der Waals surface area contributed by atoms with E-state index in [2.05, 4.69) is 21.2 Å². The number of amides is 2. The Morgan fingerprint density at radius 1 is 1.02 bits per heavy atom. The van der Waals surface area contributed by atoms with E-state index in [4.69, 9.17) is 18.9 Å². The molecule has 0 fully saturated rings. The van der Waals surface area contributed by atoms with Crippen LogP contribution < -0.4 is 30.3 Å². The minimum atomic E-state index is -1.21. The van der Waals surface area contributed by atoms with Crippen LogP contribution in [0.15, 0.2) is 95.2 Å². The number of nitrogens with one attached hydrogen (secondary N) is 3. The normalized spacial score (nSPS) is 15.2. The Morgan fingerprint density at radius 3 is 2.57 bits per heavy atom. The van der Waals surface area contributed by atoms with Crippen molar-refractivity contribution in [2.75, 3.05) is 20.3 Å². The average molecular weight is 643 g/mol. The molecular formula is C35H35FN4O7. The molecule has 0 aliphatic carbocycles. The van der Waals surface area contributed by atoms with Crippen LogP contribution in [0.2, 0.25) is 0 Å². The molecule has 2 atom stereocenters. The first kappa shape index (κ1) is 32.8. The predicted molar refractivity (Wildman–Crippen MR) is 174 cm³/mol. The fourth-order valence-electron chi connectivity index (χ4n) is 5.12. The summed E-state index contributed by atoms with van der Waals surface area (Å²) < 4.78 is 36.7. The van der Waals surface area contributed by atoms with Gasteiger partial charge in [-0.3, -0.25) is 5.43 Å². The maximum atomic E-state index is 14.2. The van der Waals surface area contributed by atoms with E-state index in [1.165, 1.54) is 19.4 Å². The van der Waals surface area contributed by atoms with Gasteiger partial charge in [0.15, 0.2) is 17.7 Å². The molecule has 0 spiro atoms. The van der Waals surface area contributed by atoms with Crippen LogP contribution in [0.4, 0.5) is 9.18 Å². The van der Waals surface area contributed by atoms with E-state index in [9.17, 15) is 19.1 Å². The number of aliphatic hydroxyl groups is 1. The lowest BCUT2D eigenvalue weighted by Crippen LogP contribution is -2.45. The summed E-state index contributed by atoms with van der Waals surface area (Å²) in [6, 6.07) is 21.5. The summed E-state index contributed by atoms with van der Waals surface area (Å²) in [6.45, 7) is 3.57. The van der Waals surface area contributed by atoms with Gasteiger partial charge in [0.1, 0.15) is 24.8 Å². The number of carbonyl (C=O) groups is 2. The molecular weight excluding hydrogens is 607 g/mol. The Labute approximate surface area is 271 Å². The van der Waals surface area contributed by atoms with Gasteiger partial charge in [-0.25, -0.2) is 14.0 Å². The van der Waals surface area contributed by atoms with Gasteiger partial charge in [0.05, 0.1) is 31.5 Å². The van der Waals surface area contributed by atoms with E-state index >= 15 is 0 Å². The van der Waals surface area contributed by atoms with Crippen molar-refractivity contribution < 1.29 is 38.0 Å². The largest absolute Gasteiger partial charge is 0.490 e. The van der Waals surface area contributed by atoms with Gasteiger partial charge in [-0.15, -0.1) is 0 Å². The van der Waals surface area contributed by atoms with Crippen LogP contribution in [0.25, 0.3) is 10.8 Å². The van der Waals surface area contributed by atoms with Gasteiger partial charge >= 0.3 is 12.0 Å². The number of nitrogens with zero attached hydrogens (tertiary/aromatic N) is 1. The topological polar surface area (TPSA) is 140 Å². The van der Waals surface area contributed by atoms with Crippen molar-refractivity contribution in [1.29, 1.82) is 0 Å². The van der Waals surface area contributed by atoms with E-state index in [1.54, 1.807) is 56.3 Å². The lowest BCUT2D eigenvalue weighted by Gasteiger charge is -2.28. The van der Waals surface area contributed by atoms with Crippen LogP contribution in [0, 0.1) is 5.82 Å². The second kappa shape index (κ2) is 15.1. The smallest absolute Gasteiger partial charge is 0.337 e. The number of hydrogen-bond acceptors (Lipinski definition) is 9. The van der Waals surface area contributed by atoms with E-state index < -0.39 is 24.3 Å². The second-order valence-electron chi connectivity index (χ2n) is 10.5. The molecule has 0 radical (unpaired) electrons. The first-order valence-corrected chi connectivity index (χ1v) is 14.9. The monoisotopic (exact) mass is 642 g/mol. The van der Waals surface area contributed by atoms with Gasteiger partial charge in [0, 0.05) is 16.8 Å². The molecule has 4 aromatic rings. The van der Waals surface area contributed by atoms with Crippen molar-refractivity contribution in [3.63, 3.8) is 0 Å².